The summed E-state index contributed by atoms with van der Waals surface area (Å²) < 4.78 is 0. The van der Waals surface area contributed by atoms with Gasteiger partial charge >= 0.3 is 12.0 Å². The van der Waals surface area contributed by atoms with E-state index in [1.54, 1.807) is 13.8 Å². The highest BCUT2D eigenvalue weighted by Crippen LogP contribution is 2.10. The van der Waals surface area contributed by atoms with Crippen LogP contribution in [0.1, 0.15) is 33.6 Å². The SMILES string of the molecule is CC(NC(=O)NCC(C)N1CCCC1)C(C)C(=O)O. The van der Waals surface area contributed by atoms with Crippen LogP contribution in [0.4, 0.5) is 4.79 Å². The third kappa shape index (κ3) is 5.06. The zero-order chi connectivity index (χ0) is 14.4. The number of hydrogen-bond acceptors (Lipinski definition) is 3. The monoisotopic (exact) mass is 271 g/mol. The molecule has 110 valence electrons. The maximum absolute atomic E-state index is 11.7. The predicted octanol–water partition coefficient (Wildman–Crippen LogP) is 0.879. The third-order valence-corrected chi connectivity index (χ3v) is 3.82. The average Bonchev–Trinajstić information content (AvgIpc) is 2.88. The first kappa shape index (κ1) is 15.8. The molecule has 2 amide bonds. The Balaban J connectivity index is 2.25. The van der Waals surface area contributed by atoms with E-state index in [0.717, 1.165) is 13.1 Å². The molecule has 0 bridgehead atoms. The van der Waals surface area contributed by atoms with Gasteiger partial charge < -0.3 is 15.7 Å². The maximum atomic E-state index is 11.7. The van der Waals surface area contributed by atoms with Crippen LogP contribution in [0.25, 0.3) is 0 Å². The molecule has 0 aromatic heterocycles. The number of carbonyl (C=O) groups excluding carboxylic acids is 1. The standard InChI is InChI=1S/C13H25N3O3/c1-9(16-6-4-5-7-16)8-14-13(19)15-11(3)10(2)12(17)18/h9-11H,4-8H2,1-3H3,(H,17,18)(H2,14,15,19). The van der Waals surface area contributed by atoms with Gasteiger partial charge in [0, 0.05) is 18.6 Å². The minimum atomic E-state index is -0.904. The lowest BCUT2D eigenvalue weighted by Crippen LogP contribution is -2.48. The summed E-state index contributed by atoms with van der Waals surface area (Å²) in [4.78, 5) is 24.8. The number of urea groups is 1. The fourth-order valence-electron chi connectivity index (χ4n) is 2.15. The second-order valence-corrected chi connectivity index (χ2v) is 5.36. The Morgan fingerprint density at radius 3 is 2.32 bits per heavy atom. The van der Waals surface area contributed by atoms with E-state index in [2.05, 4.69) is 22.5 Å². The van der Waals surface area contributed by atoms with Crippen molar-refractivity contribution < 1.29 is 14.7 Å². The van der Waals surface area contributed by atoms with Gasteiger partial charge in [0.1, 0.15) is 0 Å². The zero-order valence-electron chi connectivity index (χ0n) is 12.0. The number of carboxylic acid groups (broad SMARTS) is 1. The van der Waals surface area contributed by atoms with Gasteiger partial charge in [-0.3, -0.25) is 9.69 Å². The third-order valence-electron chi connectivity index (χ3n) is 3.82. The Kier molecular flexibility index (Phi) is 6.08. The second-order valence-electron chi connectivity index (χ2n) is 5.36. The first-order chi connectivity index (χ1) is 8.91. The van der Waals surface area contributed by atoms with Crippen LogP contribution >= 0.6 is 0 Å². The molecule has 19 heavy (non-hydrogen) atoms. The molecular formula is C13H25N3O3. The van der Waals surface area contributed by atoms with Crippen LogP contribution in [-0.4, -0.2) is 53.7 Å². The molecule has 0 radical (unpaired) electrons. The highest BCUT2D eigenvalue weighted by atomic mass is 16.4. The summed E-state index contributed by atoms with van der Waals surface area (Å²) in [5.74, 6) is -1.50. The van der Waals surface area contributed by atoms with Crippen LogP contribution < -0.4 is 10.6 Å². The summed E-state index contributed by atoms with van der Waals surface area (Å²) in [6, 6.07) is -0.369. The van der Waals surface area contributed by atoms with Gasteiger partial charge in [-0.15, -0.1) is 0 Å². The molecule has 3 N–H and O–H groups in total. The molecule has 1 aliphatic rings. The molecule has 6 heteroatoms. The van der Waals surface area contributed by atoms with Crippen molar-refractivity contribution in [2.24, 2.45) is 5.92 Å². The molecule has 0 aliphatic carbocycles. The molecule has 1 saturated heterocycles. The molecule has 3 unspecified atom stereocenters. The Labute approximate surface area is 114 Å². The number of carboxylic acids is 1. The zero-order valence-corrected chi connectivity index (χ0v) is 12.0. The van der Waals surface area contributed by atoms with Gasteiger partial charge in [0.2, 0.25) is 0 Å². The van der Waals surface area contributed by atoms with Crippen molar-refractivity contribution in [3.63, 3.8) is 0 Å². The summed E-state index contributed by atoms with van der Waals surface area (Å²) in [5.41, 5.74) is 0. The van der Waals surface area contributed by atoms with E-state index in [1.165, 1.54) is 12.8 Å². The second kappa shape index (κ2) is 7.33. The molecule has 1 rings (SSSR count). The van der Waals surface area contributed by atoms with Crippen molar-refractivity contribution in [2.75, 3.05) is 19.6 Å². The van der Waals surface area contributed by atoms with Gasteiger partial charge in [0.15, 0.2) is 0 Å². The lowest BCUT2D eigenvalue weighted by Gasteiger charge is -2.24. The molecule has 1 fully saturated rings. The van der Waals surface area contributed by atoms with E-state index in [-0.39, 0.29) is 12.1 Å². The van der Waals surface area contributed by atoms with Gasteiger partial charge in [-0.25, -0.2) is 4.79 Å². The number of hydrogen-bond donors (Lipinski definition) is 3. The Morgan fingerprint density at radius 1 is 1.21 bits per heavy atom. The summed E-state index contributed by atoms with van der Waals surface area (Å²) in [6.07, 6.45) is 2.45. The van der Waals surface area contributed by atoms with E-state index >= 15 is 0 Å². The van der Waals surface area contributed by atoms with Crippen molar-refractivity contribution in [3.8, 4) is 0 Å². The highest BCUT2D eigenvalue weighted by Gasteiger charge is 2.22. The van der Waals surface area contributed by atoms with Crippen molar-refractivity contribution in [2.45, 2.75) is 45.7 Å². The average molecular weight is 271 g/mol. The summed E-state index contributed by atoms with van der Waals surface area (Å²) >= 11 is 0. The molecule has 6 nitrogen and oxygen atoms in total. The van der Waals surface area contributed by atoms with Gasteiger partial charge in [-0.1, -0.05) is 0 Å². The van der Waals surface area contributed by atoms with Gasteiger partial charge in [0.05, 0.1) is 5.92 Å². The molecular weight excluding hydrogens is 246 g/mol. The molecule has 0 aromatic rings. The number of aliphatic carboxylic acids is 1. The van der Waals surface area contributed by atoms with Crippen LogP contribution in [0.15, 0.2) is 0 Å². The van der Waals surface area contributed by atoms with Crippen molar-refractivity contribution in [3.05, 3.63) is 0 Å². The van der Waals surface area contributed by atoms with Crippen molar-refractivity contribution in [1.29, 1.82) is 0 Å². The number of nitrogens with one attached hydrogen (secondary N) is 2. The van der Waals surface area contributed by atoms with Gasteiger partial charge in [0.25, 0.3) is 0 Å². The van der Waals surface area contributed by atoms with Crippen molar-refractivity contribution >= 4 is 12.0 Å². The van der Waals surface area contributed by atoms with Crippen LogP contribution in [-0.2, 0) is 4.79 Å². The Bertz CT molecular complexity index is 316. The topological polar surface area (TPSA) is 81.7 Å². The smallest absolute Gasteiger partial charge is 0.315 e. The Hall–Kier alpha value is -1.30. The van der Waals surface area contributed by atoms with Crippen LogP contribution in [0.5, 0.6) is 0 Å². The fraction of sp³-hybridized carbons (Fsp3) is 0.846. The molecule has 0 saturated carbocycles. The van der Waals surface area contributed by atoms with Gasteiger partial charge in [-0.2, -0.15) is 0 Å². The molecule has 3 atom stereocenters. The lowest BCUT2D eigenvalue weighted by molar-refractivity contribution is -0.141. The first-order valence-electron chi connectivity index (χ1n) is 6.93. The Morgan fingerprint density at radius 2 is 1.79 bits per heavy atom. The van der Waals surface area contributed by atoms with Crippen LogP contribution in [0.2, 0.25) is 0 Å². The number of amides is 2. The summed E-state index contributed by atoms with van der Waals surface area (Å²) in [7, 11) is 0. The fourth-order valence-corrected chi connectivity index (χ4v) is 2.15. The molecule has 0 aromatic carbocycles. The quantitative estimate of drug-likeness (QED) is 0.670. The summed E-state index contributed by atoms with van der Waals surface area (Å²) in [5, 5.41) is 14.3. The van der Waals surface area contributed by atoms with Crippen molar-refractivity contribution in [1.82, 2.24) is 15.5 Å². The number of likely N-dealkylation sites (tertiary alicyclic amines) is 1. The van der Waals surface area contributed by atoms with E-state index in [1.807, 2.05) is 0 Å². The van der Waals surface area contributed by atoms with Crippen LogP contribution in [0.3, 0.4) is 0 Å². The minimum Gasteiger partial charge on any atom is -0.481 e. The van der Waals surface area contributed by atoms with E-state index in [9.17, 15) is 9.59 Å². The van der Waals surface area contributed by atoms with Gasteiger partial charge in [-0.05, 0) is 46.7 Å². The number of carbonyl (C=O) groups is 2. The number of rotatable bonds is 6. The molecule has 1 heterocycles. The van der Waals surface area contributed by atoms with Crippen LogP contribution in [0, 0.1) is 5.92 Å². The lowest BCUT2D eigenvalue weighted by atomic mass is 10.0. The molecule has 1 aliphatic heterocycles. The highest BCUT2D eigenvalue weighted by molar-refractivity contribution is 5.76. The van der Waals surface area contributed by atoms with E-state index < -0.39 is 11.9 Å². The van der Waals surface area contributed by atoms with E-state index in [4.69, 9.17) is 5.11 Å². The summed E-state index contributed by atoms with van der Waals surface area (Å²) in [6.45, 7) is 8.14. The predicted molar refractivity (Wildman–Crippen MR) is 73.1 cm³/mol. The normalized spacial score (nSPS) is 20.6. The maximum Gasteiger partial charge on any atom is 0.315 e. The largest absolute Gasteiger partial charge is 0.481 e. The number of nitrogens with zero attached hydrogens (tertiary/aromatic N) is 1. The minimum absolute atomic E-state index is 0.299. The first-order valence-corrected chi connectivity index (χ1v) is 6.93. The van der Waals surface area contributed by atoms with E-state index in [0.29, 0.717) is 12.6 Å². The molecule has 0 spiro atoms.